The van der Waals surface area contributed by atoms with Gasteiger partial charge in [0.2, 0.25) is 5.69 Å². The molecule has 0 spiro atoms. The van der Waals surface area contributed by atoms with E-state index in [-0.39, 0.29) is 0 Å². The third kappa shape index (κ3) is 4.04. The molecule has 0 aliphatic rings. The van der Waals surface area contributed by atoms with Gasteiger partial charge < -0.3 is 9.30 Å². The zero-order chi connectivity index (χ0) is 21.1. The van der Waals surface area contributed by atoms with Gasteiger partial charge in [-0.2, -0.15) is 4.57 Å². The number of rotatable bonds is 8. The van der Waals surface area contributed by atoms with Gasteiger partial charge in [0.25, 0.3) is 0 Å². The van der Waals surface area contributed by atoms with Gasteiger partial charge in [-0.05, 0) is 43.0 Å². The van der Waals surface area contributed by atoms with Gasteiger partial charge in [0.05, 0.1) is 12.1 Å². The van der Waals surface area contributed by atoms with E-state index in [1.54, 1.807) is 0 Å². The maximum absolute atomic E-state index is 6.06. The molecule has 0 saturated heterocycles. The summed E-state index contributed by atoms with van der Waals surface area (Å²) in [5.74, 6) is 1.61. The topological polar surface area (TPSA) is 30.9 Å². The summed E-state index contributed by atoms with van der Waals surface area (Å²) in [6, 6.07) is 14.9. The normalized spacial score (nSPS) is 11.6. The summed E-state index contributed by atoms with van der Waals surface area (Å²) in [4.78, 5) is 4.50. The van der Waals surface area contributed by atoms with Gasteiger partial charge in [-0.25, -0.2) is 0 Å². The van der Waals surface area contributed by atoms with Gasteiger partial charge >= 0.3 is 0 Å². The third-order valence-electron chi connectivity index (χ3n) is 5.74. The minimum Gasteiger partial charge on any atom is -0.494 e. The minimum atomic E-state index is 0.650. The van der Waals surface area contributed by atoms with Crippen LogP contribution in [0.2, 0.25) is 0 Å². The second-order valence-corrected chi connectivity index (χ2v) is 8.47. The van der Waals surface area contributed by atoms with Crippen LogP contribution in [0, 0.1) is 12.8 Å². The molecule has 0 fully saturated rings. The zero-order valence-electron chi connectivity index (χ0n) is 18.6. The van der Waals surface area contributed by atoms with Crippen LogP contribution >= 0.6 is 0 Å². The maximum atomic E-state index is 6.06. The predicted molar refractivity (Wildman–Crippen MR) is 123 cm³/mol. The highest BCUT2D eigenvalue weighted by Crippen LogP contribution is 2.32. The fourth-order valence-corrected chi connectivity index (χ4v) is 4.12. The molecule has 0 radical (unpaired) electrons. The Bertz CT molecular complexity index is 1150. The van der Waals surface area contributed by atoms with Crippen molar-refractivity contribution in [3.05, 3.63) is 66.2 Å². The van der Waals surface area contributed by atoms with E-state index < -0.39 is 0 Å². The molecule has 4 rings (SSSR count). The van der Waals surface area contributed by atoms with Crippen LogP contribution in [0.1, 0.15) is 45.0 Å². The van der Waals surface area contributed by atoms with Crippen molar-refractivity contribution in [1.82, 2.24) is 9.55 Å². The van der Waals surface area contributed by atoms with Crippen LogP contribution in [0.4, 0.5) is 0 Å². The number of ether oxygens (including phenoxy) is 1. The fraction of sp³-hybridized carbons (Fsp3) is 0.385. The summed E-state index contributed by atoms with van der Waals surface area (Å²) >= 11 is 0. The fourth-order valence-electron chi connectivity index (χ4n) is 4.12. The van der Waals surface area contributed by atoms with Gasteiger partial charge in [-0.1, -0.05) is 26.8 Å². The first-order chi connectivity index (χ1) is 14.6. The minimum absolute atomic E-state index is 0.650. The lowest BCUT2D eigenvalue weighted by Crippen LogP contribution is -2.38. The summed E-state index contributed by atoms with van der Waals surface area (Å²) in [5, 5.41) is 2.60. The summed E-state index contributed by atoms with van der Waals surface area (Å²) in [6.07, 6.45) is 6.21. The average Bonchev–Trinajstić information content (AvgIpc) is 3.05. The van der Waals surface area contributed by atoms with Crippen molar-refractivity contribution in [3.63, 3.8) is 0 Å². The molecule has 0 aliphatic heterocycles. The number of fused-ring (bicyclic) bond motifs is 3. The van der Waals surface area contributed by atoms with E-state index in [9.17, 15) is 0 Å². The summed E-state index contributed by atoms with van der Waals surface area (Å²) in [7, 11) is 0. The molecule has 4 aromatic rings. The Morgan fingerprint density at radius 1 is 1.10 bits per heavy atom. The van der Waals surface area contributed by atoms with E-state index in [1.165, 1.54) is 27.5 Å². The van der Waals surface area contributed by atoms with Crippen LogP contribution in [-0.4, -0.2) is 16.2 Å². The van der Waals surface area contributed by atoms with Crippen LogP contribution in [0.25, 0.3) is 21.8 Å². The molecule has 0 unspecified atom stereocenters. The van der Waals surface area contributed by atoms with Crippen molar-refractivity contribution >= 4 is 21.8 Å². The highest BCUT2D eigenvalue weighted by Gasteiger charge is 2.20. The molecule has 1 aromatic carbocycles. The number of pyridine rings is 2. The molecular formula is C26H32N3O+. The Labute approximate surface area is 179 Å². The Morgan fingerprint density at radius 2 is 1.97 bits per heavy atom. The second kappa shape index (κ2) is 8.86. The maximum Gasteiger partial charge on any atom is 0.203 e. The van der Waals surface area contributed by atoms with Gasteiger partial charge in [-0.3, -0.25) is 4.98 Å². The molecule has 0 aliphatic carbocycles. The number of hydrogen-bond donors (Lipinski definition) is 0. The van der Waals surface area contributed by atoms with Gasteiger partial charge in [0, 0.05) is 42.6 Å². The predicted octanol–water partition coefficient (Wildman–Crippen LogP) is 5.67. The van der Waals surface area contributed by atoms with E-state index in [2.05, 4.69) is 78.3 Å². The molecule has 4 nitrogen and oxygen atoms in total. The number of nitrogens with zero attached hydrogens (tertiary/aromatic N) is 3. The molecular weight excluding hydrogens is 370 g/mol. The first-order valence-electron chi connectivity index (χ1n) is 11.1. The first-order valence-corrected chi connectivity index (χ1v) is 11.1. The van der Waals surface area contributed by atoms with Crippen LogP contribution in [0.15, 0.2) is 54.9 Å². The molecule has 3 heterocycles. The lowest BCUT2D eigenvalue weighted by molar-refractivity contribution is -0.693. The van der Waals surface area contributed by atoms with Gasteiger partial charge in [0.1, 0.15) is 17.0 Å². The van der Waals surface area contributed by atoms with Crippen LogP contribution in [0.5, 0.6) is 5.75 Å². The monoisotopic (exact) mass is 402 g/mol. The van der Waals surface area contributed by atoms with Crippen molar-refractivity contribution in [1.29, 1.82) is 0 Å². The van der Waals surface area contributed by atoms with E-state index >= 15 is 0 Å². The highest BCUT2D eigenvalue weighted by atomic mass is 16.5. The molecule has 4 heteroatoms. The number of hydrogen-bond acceptors (Lipinski definition) is 2. The van der Waals surface area contributed by atoms with Crippen LogP contribution < -0.4 is 9.30 Å². The van der Waals surface area contributed by atoms with Crippen molar-refractivity contribution < 1.29 is 9.30 Å². The smallest absolute Gasteiger partial charge is 0.203 e. The number of benzene rings is 1. The summed E-state index contributed by atoms with van der Waals surface area (Å²) in [6.45, 7) is 11.4. The van der Waals surface area contributed by atoms with E-state index in [0.717, 1.165) is 44.0 Å². The first kappa shape index (κ1) is 20.4. The molecule has 0 atom stereocenters. The third-order valence-corrected chi connectivity index (χ3v) is 5.74. The van der Waals surface area contributed by atoms with E-state index in [1.807, 2.05) is 18.3 Å². The van der Waals surface area contributed by atoms with Gasteiger partial charge in [0.15, 0.2) is 12.7 Å². The molecule has 156 valence electrons. The highest BCUT2D eigenvalue weighted by molar-refractivity contribution is 6.08. The van der Waals surface area contributed by atoms with Crippen LogP contribution in [-0.2, 0) is 13.1 Å². The van der Waals surface area contributed by atoms with E-state index in [4.69, 9.17) is 4.74 Å². The zero-order valence-corrected chi connectivity index (χ0v) is 18.6. The lowest BCUT2D eigenvalue weighted by Gasteiger charge is -2.10. The van der Waals surface area contributed by atoms with Crippen molar-refractivity contribution in [2.75, 3.05) is 6.61 Å². The molecule has 0 bridgehead atoms. The van der Waals surface area contributed by atoms with Crippen molar-refractivity contribution in [3.8, 4) is 5.75 Å². The molecule has 0 amide bonds. The van der Waals surface area contributed by atoms with Crippen molar-refractivity contribution in [2.45, 2.75) is 53.6 Å². The van der Waals surface area contributed by atoms with Crippen molar-refractivity contribution in [2.24, 2.45) is 5.92 Å². The summed E-state index contributed by atoms with van der Waals surface area (Å²) < 4.78 is 10.8. The number of aromatic nitrogens is 3. The Morgan fingerprint density at radius 3 is 2.70 bits per heavy atom. The summed E-state index contributed by atoms with van der Waals surface area (Å²) in [5.41, 5.74) is 4.91. The molecule has 0 N–H and O–H groups in total. The second-order valence-electron chi connectivity index (χ2n) is 8.47. The Balaban J connectivity index is 1.79. The Hall–Kier alpha value is -2.88. The average molecular weight is 403 g/mol. The van der Waals surface area contributed by atoms with Crippen LogP contribution in [0.3, 0.4) is 0 Å². The molecule has 30 heavy (non-hydrogen) atoms. The molecule has 0 saturated carbocycles. The Kier molecular flexibility index (Phi) is 6.03. The van der Waals surface area contributed by atoms with Gasteiger partial charge in [-0.15, -0.1) is 0 Å². The number of aryl methyl sites for hydroxylation is 2. The standard InChI is InChI=1S/C26H32N3O/c1-5-14-29-25-17-22(30-16-12-19(2)3)9-10-23(25)24-11-15-28(20(4)26(24)29)18-21-8-6-7-13-27-21/h6-11,13,15,17,19H,5,12,14,16,18H2,1-4H3/q+1. The van der Waals surface area contributed by atoms with E-state index in [0.29, 0.717) is 5.92 Å². The quantitative estimate of drug-likeness (QED) is 0.356. The SMILES string of the molecule is CCCn1c2cc(OCCC(C)C)ccc2c2cc[n+](Cc3ccccn3)c(C)c21. The molecule has 3 aromatic heterocycles. The largest absolute Gasteiger partial charge is 0.494 e. The lowest BCUT2D eigenvalue weighted by atomic mass is 10.1.